The standard InChI is InChI=1S/C20H32N2O4/c1-14(25-16-10-8-15(9-11-16)19(2,3)4)17(23)21-12-13-22-18(24)26-20(5,6)7/h8-11,14H,12-13H2,1-7H3,(H,21,23)(H,22,24). The summed E-state index contributed by atoms with van der Waals surface area (Å²) in [5.74, 6) is 0.406. The second-order valence-corrected chi connectivity index (χ2v) is 8.25. The zero-order valence-corrected chi connectivity index (χ0v) is 16.9. The van der Waals surface area contributed by atoms with Crippen LogP contribution in [0.5, 0.6) is 5.75 Å². The molecule has 0 saturated carbocycles. The van der Waals surface area contributed by atoms with E-state index in [0.717, 1.165) is 0 Å². The van der Waals surface area contributed by atoms with Gasteiger partial charge >= 0.3 is 6.09 Å². The van der Waals surface area contributed by atoms with E-state index in [1.54, 1.807) is 27.7 Å². The van der Waals surface area contributed by atoms with Gasteiger partial charge in [-0.3, -0.25) is 4.79 Å². The lowest BCUT2D eigenvalue weighted by molar-refractivity contribution is -0.127. The highest BCUT2D eigenvalue weighted by atomic mass is 16.6. The van der Waals surface area contributed by atoms with Crippen molar-refractivity contribution in [2.75, 3.05) is 13.1 Å². The van der Waals surface area contributed by atoms with Crippen LogP contribution in [0.25, 0.3) is 0 Å². The van der Waals surface area contributed by atoms with Crippen molar-refractivity contribution < 1.29 is 19.1 Å². The van der Waals surface area contributed by atoms with E-state index in [1.165, 1.54) is 5.56 Å². The van der Waals surface area contributed by atoms with E-state index in [-0.39, 0.29) is 17.9 Å². The molecule has 0 aliphatic heterocycles. The number of benzene rings is 1. The van der Waals surface area contributed by atoms with Crippen LogP contribution < -0.4 is 15.4 Å². The van der Waals surface area contributed by atoms with Gasteiger partial charge in [-0.1, -0.05) is 32.9 Å². The molecule has 1 aromatic carbocycles. The molecule has 0 aromatic heterocycles. The number of carbonyl (C=O) groups is 2. The first-order chi connectivity index (χ1) is 11.9. The molecule has 1 rings (SSSR count). The van der Waals surface area contributed by atoms with Gasteiger partial charge < -0.3 is 20.1 Å². The molecule has 1 atom stereocenters. The van der Waals surface area contributed by atoms with Gasteiger partial charge in [-0.05, 0) is 50.8 Å². The summed E-state index contributed by atoms with van der Waals surface area (Å²) >= 11 is 0. The van der Waals surface area contributed by atoms with Gasteiger partial charge in [0.15, 0.2) is 6.10 Å². The van der Waals surface area contributed by atoms with Crippen LogP contribution in [0.4, 0.5) is 4.79 Å². The Kier molecular flexibility index (Phi) is 7.48. The average molecular weight is 364 g/mol. The van der Waals surface area contributed by atoms with Crippen molar-refractivity contribution in [2.45, 2.75) is 65.6 Å². The Balaban J connectivity index is 2.36. The highest BCUT2D eigenvalue weighted by molar-refractivity contribution is 5.80. The summed E-state index contributed by atoms with van der Waals surface area (Å²) in [6.07, 6.45) is -1.13. The summed E-state index contributed by atoms with van der Waals surface area (Å²) in [7, 11) is 0. The van der Waals surface area contributed by atoms with Gasteiger partial charge in [-0.15, -0.1) is 0 Å². The molecule has 0 saturated heterocycles. The molecule has 26 heavy (non-hydrogen) atoms. The number of nitrogens with one attached hydrogen (secondary N) is 2. The monoisotopic (exact) mass is 364 g/mol. The lowest BCUT2D eigenvalue weighted by Crippen LogP contribution is -2.41. The smallest absolute Gasteiger partial charge is 0.407 e. The molecule has 146 valence electrons. The van der Waals surface area contributed by atoms with Crippen LogP contribution in [-0.4, -0.2) is 36.8 Å². The number of rotatable bonds is 6. The molecule has 1 unspecified atom stereocenters. The number of hydrogen-bond donors (Lipinski definition) is 2. The minimum absolute atomic E-state index is 0.0721. The Bertz CT molecular complexity index is 598. The van der Waals surface area contributed by atoms with E-state index in [9.17, 15) is 9.59 Å². The number of carbonyl (C=O) groups excluding carboxylic acids is 2. The molecule has 0 bridgehead atoms. The number of amides is 2. The first kappa shape index (κ1) is 21.8. The Morgan fingerprint density at radius 1 is 0.962 bits per heavy atom. The van der Waals surface area contributed by atoms with Gasteiger partial charge in [-0.2, -0.15) is 0 Å². The third-order valence-corrected chi connectivity index (χ3v) is 3.49. The molecule has 0 aliphatic rings. The van der Waals surface area contributed by atoms with Gasteiger partial charge in [-0.25, -0.2) is 4.79 Å². The summed E-state index contributed by atoms with van der Waals surface area (Å²) in [5.41, 5.74) is 0.733. The molecule has 0 heterocycles. The molecule has 0 fully saturated rings. The molecule has 6 nitrogen and oxygen atoms in total. The van der Waals surface area contributed by atoms with Crippen LogP contribution in [0.15, 0.2) is 24.3 Å². The van der Waals surface area contributed by atoms with E-state index >= 15 is 0 Å². The van der Waals surface area contributed by atoms with Crippen molar-refractivity contribution in [2.24, 2.45) is 0 Å². The van der Waals surface area contributed by atoms with Crippen molar-refractivity contribution in [1.29, 1.82) is 0 Å². The third-order valence-electron chi connectivity index (χ3n) is 3.49. The van der Waals surface area contributed by atoms with Crippen LogP contribution in [0.1, 0.15) is 54.0 Å². The lowest BCUT2D eigenvalue weighted by Gasteiger charge is -2.20. The zero-order valence-electron chi connectivity index (χ0n) is 16.9. The SMILES string of the molecule is CC(Oc1ccc(C(C)(C)C)cc1)C(=O)NCCNC(=O)OC(C)(C)C. The molecule has 0 radical (unpaired) electrons. The highest BCUT2D eigenvalue weighted by Gasteiger charge is 2.17. The molecular weight excluding hydrogens is 332 g/mol. The molecule has 6 heteroatoms. The predicted octanol–water partition coefficient (Wildman–Crippen LogP) is 3.39. The quantitative estimate of drug-likeness (QED) is 0.759. The van der Waals surface area contributed by atoms with Crippen LogP contribution in [0, 0.1) is 0 Å². The Hall–Kier alpha value is -2.24. The third kappa shape index (κ3) is 8.23. The van der Waals surface area contributed by atoms with Crippen molar-refractivity contribution in [1.82, 2.24) is 10.6 Å². The zero-order chi connectivity index (χ0) is 20.0. The van der Waals surface area contributed by atoms with Crippen LogP contribution >= 0.6 is 0 Å². The van der Waals surface area contributed by atoms with Gasteiger partial charge in [0.2, 0.25) is 0 Å². The first-order valence-electron chi connectivity index (χ1n) is 8.90. The van der Waals surface area contributed by atoms with E-state index in [2.05, 4.69) is 31.4 Å². The van der Waals surface area contributed by atoms with E-state index < -0.39 is 17.8 Å². The van der Waals surface area contributed by atoms with Crippen LogP contribution in [-0.2, 0) is 14.9 Å². The molecule has 0 aliphatic carbocycles. The largest absolute Gasteiger partial charge is 0.481 e. The molecule has 1 aromatic rings. The Morgan fingerprint density at radius 2 is 1.50 bits per heavy atom. The maximum Gasteiger partial charge on any atom is 0.407 e. The summed E-state index contributed by atoms with van der Waals surface area (Å²) in [5, 5.41) is 5.31. The van der Waals surface area contributed by atoms with Crippen LogP contribution in [0.2, 0.25) is 0 Å². The number of alkyl carbamates (subject to hydrolysis) is 1. The van der Waals surface area contributed by atoms with Gasteiger partial charge in [0.05, 0.1) is 0 Å². The second kappa shape index (κ2) is 8.92. The predicted molar refractivity (Wildman–Crippen MR) is 102 cm³/mol. The summed E-state index contributed by atoms with van der Waals surface area (Å²) < 4.78 is 10.8. The molecule has 0 spiro atoms. The Morgan fingerprint density at radius 3 is 2.00 bits per heavy atom. The summed E-state index contributed by atoms with van der Waals surface area (Å²) in [6.45, 7) is 14.1. The second-order valence-electron chi connectivity index (χ2n) is 8.25. The topological polar surface area (TPSA) is 76.7 Å². The first-order valence-corrected chi connectivity index (χ1v) is 8.90. The van der Waals surface area contributed by atoms with Gasteiger partial charge in [0.25, 0.3) is 5.91 Å². The minimum atomic E-state index is -0.628. The average Bonchev–Trinajstić information content (AvgIpc) is 2.49. The fourth-order valence-corrected chi connectivity index (χ4v) is 2.10. The van der Waals surface area contributed by atoms with Gasteiger partial charge in [0, 0.05) is 13.1 Å². The van der Waals surface area contributed by atoms with E-state index in [0.29, 0.717) is 12.3 Å². The van der Waals surface area contributed by atoms with Gasteiger partial charge in [0.1, 0.15) is 11.4 Å². The van der Waals surface area contributed by atoms with Crippen LogP contribution in [0.3, 0.4) is 0 Å². The Labute approximate surface area is 156 Å². The molecular formula is C20H32N2O4. The fraction of sp³-hybridized carbons (Fsp3) is 0.600. The number of hydrogen-bond acceptors (Lipinski definition) is 4. The lowest BCUT2D eigenvalue weighted by atomic mass is 9.87. The van der Waals surface area contributed by atoms with Crippen molar-refractivity contribution >= 4 is 12.0 Å². The minimum Gasteiger partial charge on any atom is -0.481 e. The van der Waals surface area contributed by atoms with E-state index in [1.807, 2.05) is 24.3 Å². The molecule has 2 N–H and O–H groups in total. The fourth-order valence-electron chi connectivity index (χ4n) is 2.10. The highest BCUT2D eigenvalue weighted by Crippen LogP contribution is 2.24. The van der Waals surface area contributed by atoms with Crippen molar-refractivity contribution in [3.8, 4) is 5.75 Å². The maximum absolute atomic E-state index is 12.1. The normalized spacial score (nSPS) is 12.9. The maximum atomic E-state index is 12.1. The van der Waals surface area contributed by atoms with Crippen molar-refractivity contribution in [3.63, 3.8) is 0 Å². The van der Waals surface area contributed by atoms with E-state index in [4.69, 9.17) is 9.47 Å². The number of ether oxygens (including phenoxy) is 2. The summed E-state index contributed by atoms with van der Waals surface area (Å²) in [6, 6.07) is 7.75. The molecule has 2 amide bonds. The van der Waals surface area contributed by atoms with Crippen molar-refractivity contribution in [3.05, 3.63) is 29.8 Å². The summed E-state index contributed by atoms with van der Waals surface area (Å²) in [4.78, 5) is 23.6.